The van der Waals surface area contributed by atoms with Crippen molar-refractivity contribution in [3.63, 3.8) is 0 Å². The molecular weight excluding hydrogens is 331 g/mol. The van der Waals surface area contributed by atoms with Crippen LogP contribution in [-0.4, -0.2) is 22.4 Å². The average Bonchev–Trinajstić information content (AvgIpc) is 3.32. The molecule has 5 rings (SSSR count). The lowest BCUT2D eigenvalue weighted by molar-refractivity contribution is 0.630. The molecule has 3 N–H and O–H groups in total. The van der Waals surface area contributed by atoms with Crippen LogP contribution in [0.4, 0.5) is 15.9 Å². The molecule has 6 nitrogen and oxygen atoms in total. The molecule has 1 aliphatic heterocycles. The van der Waals surface area contributed by atoms with Gasteiger partial charge in [-0.25, -0.2) is 9.37 Å². The fourth-order valence-electron chi connectivity index (χ4n) is 3.40. The van der Waals surface area contributed by atoms with Crippen LogP contribution in [0.2, 0.25) is 0 Å². The first-order chi connectivity index (χ1) is 12.7. The van der Waals surface area contributed by atoms with E-state index in [1.165, 1.54) is 6.07 Å². The molecule has 2 aromatic carbocycles. The van der Waals surface area contributed by atoms with E-state index in [0.717, 1.165) is 27.9 Å². The number of hydrogen-bond acceptors (Lipinski definition) is 5. The molecule has 4 aromatic rings. The van der Waals surface area contributed by atoms with E-state index in [1.807, 2.05) is 45.8 Å². The summed E-state index contributed by atoms with van der Waals surface area (Å²) in [5, 5.41) is 1.88. The summed E-state index contributed by atoms with van der Waals surface area (Å²) < 4.78 is 16.4. The zero-order valence-corrected chi connectivity index (χ0v) is 13.7. The number of anilines is 2. The molecule has 26 heavy (non-hydrogen) atoms. The summed E-state index contributed by atoms with van der Waals surface area (Å²) in [5.74, 6) is 0.120. The average molecular weight is 346 g/mol. The van der Waals surface area contributed by atoms with Crippen molar-refractivity contribution in [3.8, 4) is 11.3 Å². The van der Waals surface area contributed by atoms with Crippen molar-refractivity contribution in [1.29, 1.82) is 0 Å². The first kappa shape index (κ1) is 14.7. The van der Waals surface area contributed by atoms with Crippen LogP contribution in [0.25, 0.3) is 27.8 Å². The molecule has 0 aliphatic carbocycles. The van der Waals surface area contributed by atoms with Crippen molar-refractivity contribution < 1.29 is 4.39 Å². The third-order valence-corrected chi connectivity index (χ3v) is 4.58. The molecule has 0 atom stereocenters. The molecule has 0 fully saturated rings. The van der Waals surface area contributed by atoms with Crippen LogP contribution >= 0.6 is 0 Å². The number of halogens is 1. The molecule has 3 heterocycles. The number of hydrogen-bond donors (Lipinski definition) is 2. The fourth-order valence-corrected chi connectivity index (χ4v) is 3.40. The van der Waals surface area contributed by atoms with E-state index in [0.29, 0.717) is 18.1 Å². The molecule has 0 radical (unpaired) electrons. The van der Waals surface area contributed by atoms with Gasteiger partial charge in [0, 0.05) is 5.56 Å². The maximum Gasteiger partial charge on any atom is 0.148 e. The predicted octanol–water partition coefficient (Wildman–Crippen LogP) is 3.19. The Morgan fingerprint density at radius 2 is 1.88 bits per heavy atom. The minimum absolute atomic E-state index is 0.276. The van der Waals surface area contributed by atoms with Crippen LogP contribution in [0.5, 0.6) is 0 Å². The Morgan fingerprint density at radius 3 is 2.69 bits per heavy atom. The van der Waals surface area contributed by atoms with E-state index in [-0.39, 0.29) is 5.82 Å². The largest absolute Gasteiger partial charge is 0.382 e. The molecular formula is C19H15FN6. The Morgan fingerprint density at radius 1 is 1.00 bits per heavy atom. The summed E-state index contributed by atoms with van der Waals surface area (Å²) in [5.41, 5.74) is 13.7. The van der Waals surface area contributed by atoms with Crippen molar-refractivity contribution in [2.75, 3.05) is 17.4 Å². The summed E-state index contributed by atoms with van der Waals surface area (Å²) in [6.45, 7) is 0.491. The van der Waals surface area contributed by atoms with Crippen molar-refractivity contribution >= 4 is 34.4 Å². The van der Waals surface area contributed by atoms with Gasteiger partial charge in [0.05, 0.1) is 22.4 Å². The van der Waals surface area contributed by atoms with Crippen LogP contribution in [0.15, 0.2) is 59.6 Å². The lowest BCUT2D eigenvalue weighted by Gasteiger charge is -2.19. The highest BCUT2D eigenvalue weighted by molar-refractivity contribution is 5.95. The highest BCUT2D eigenvalue weighted by Gasteiger charge is 2.18. The second-order valence-corrected chi connectivity index (χ2v) is 6.07. The quantitative estimate of drug-likeness (QED) is 0.585. The van der Waals surface area contributed by atoms with Gasteiger partial charge in [-0.2, -0.15) is 0 Å². The predicted molar refractivity (Wildman–Crippen MR) is 101 cm³/mol. The number of nitrogens with one attached hydrogen (secondary N) is 1. The number of aromatic nitrogens is 2. The number of fused-ring (bicyclic) bond motifs is 3. The highest BCUT2D eigenvalue weighted by atomic mass is 19.1. The van der Waals surface area contributed by atoms with Gasteiger partial charge in [-0.3, -0.25) is 15.4 Å². The Hall–Kier alpha value is -3.61. The molecule has 128 valence electrons. The van der Waals surface area contributed by atoms with Crippen molar-refractivity contribution in [2.24, 2.45) is 4.99 Å². The van der Waals surface area contributed by atoms with Crippen LogP contribution < -0.4 is 16.2 Å². The maximum atomic E-state index is 14.4. The highest BCUT2D eigenvalue weighted by Crippen LogP contribution is 2.33. The zero-order chi connectivity index (χ0) is 17.7. The SMILES string of the molecule is Nc1nc2c(N3CN=CN3)cccc2n2c(-c3ccccc3F)ccc12. The van der Waals surface area contributed by atoms with Gasteiger partial charge in [0.15, 0.2) is 0 Å². The number of aliphatic imine (C=N–C) groups is 1. The number of nitrogens with zero attached hydrogens (tertiary/aromatic N) is 4. The second kappa shape index (κ2) is 5.45. The normalized spacial score (nSPS) is 13.7. The lowest BCUT2D eigenvalue weighted by Crippen LogP contribution is -2.31. The van der Waals surface area contributed by atoms with Gasteiger partial charge >= 0.3 is 0 Å². The fraction of sp³-hybridized carbons (Fsp3) is 0.0526. The topological polar surface area (TPSA) is 70.9 Å². The van der Waals surface area contributed by atoms with Crippen molar-refractivity contribution in [1.82, 2.24) is 14.8 Å². The number of nitrogen functional groups attached to an aromatic ring is 1. The van der Waals surface area contributed by atoms with Gasteiger partial charge in [0.25, 0.3) is 0 Å². The summed E-state index contributed by atoms with van der Waals surface area (Å²) in [6.07, 6.45) is 1.64. The molecule has 0 bridgehead atoms. The molecule has 0 saturated heterocycles. The standard InChI is InChI=1S/C19H15FN6/c20-13-5-2-1-4-12(13)14-8-9-17-19(21)24-18-15(25-11-22-10-23-25)6-3-7-16(18)26(14)17/h1-10H,11H2,(H2,21,24)(H,22,23). The summed E-state index contributed by atoms with van der Waals surface area (Å²) in [4.78, 5) is 8.78. The van der Waals surface area contributed by atoms with E-state index in [2.05, 4.69) is 15.4 Å². The molecule has 2 aromatic heterocycles. The van der Waals surface area contributed by atoms with E-state index in [4.69, 9.17) is 5.73 Å². The minimum atomic E-state index is -0.276. The molecule has 7 heteroatoms. The van der Waals surface area contributed by atoms with Crippen LogP contribution in [0, 0.1) is 5.82 Å². The first-order valence-corrected chi connectivity index (χ1v) is 8.20. The molecule has 0 amide bonds. The van der Waals surface area contributed by atoms with Crippen molar-refractivity contribution in [3.05, 3.63) is 60.4 Å². The summed E-state index contributed by atoms with van der Waals surface area (Å²) in [6, 6.07) is 16.3. The minimum Gasteiger partial charge on any atom is -0.382 e. The molecule has 0 unspecified atom stereocenters. The van der Waals surface area contributed by atoms with E-state index >= 15 is 0 Å². The Labute approximate surface area is 148 Å². The maximum absolute atomic E-state index is 14.4. The Bertz CT molecular complexity index is 1170. The van der Waals surface area contributed by atoms with E-state index < -0.39 is 0 Å². The van der Waals surface area contributed by atoms with Crippen molar-refractivity contribution in [2.45, 2.75) is 0 Å². The second-order valence-electron chi connectivity index (χ2n) is 6.07. The zero-order valence-electron chi connectivity index (χ0n) is 13.7. The van der Waals surface area contributed by atoms with E-state index in [9.17, 15) is 4.39 Å². The number of hydrazine groups is 1. The van der Waals surface area contributed by atoms with Crippen LogP contribution in [0.3, 0.4) is 0 Å². The Balaban J connectivity index is 1.86. The third-order valence-electron chi connectivity index (χ3n) is 4.58. The molecule has 1 aliphatic rings. The number of benzene rings is 2. The first-order valence-electron chi connectivity index (χ1n) is 8.20. The third kappa shape index (κ3) is 2.03. The summed E-state index contributed by atoms with van der Waals surface area (Å²) >= 11 is 0. The van der Waals surface area contributed by atoms with Gasteiger partial charge in [0.2, 0.25) is 0 Å². The van der Waals surface area contributed by atoms with Gasteiger partial charge in [-0.1, -0.05) is 18.2 Å². The molecule has 0 spiro atoms. The summed E-state index contributed by atoms with van der Waals surface area (Å²) in [7, 11) is 0. The van der Waals surface area contributed by atoms with Gasteiger partial charge in [0.1, 0.15) is 30.2 Å². The number of nitrogens with two attached hydrogens (primary N) is 1. The molecule has 0 saturated carbocycles. The smallest absolute Gasteiger partial charge is 0.148 e. The van der Waals surface area contributed by atoms with Crippen LogP contribution in [0.1, 0.15) is 0 Å². The number of para-hydroxylation sites is 1. The van der Waals surface area contributed by atoms with Crippen LogP contribution in [-0.2, 0) is 0 Å². The monoisotopic (exact) mass is 346 g/mol. The van der Waals surface area contributed by atoms with Gasteiger partial charge in [-0.05, 0) is 36.4 Å². The van der Waals surface area contributed by atoms with Gasteiger partial charge < -0.3 is 10.1 Å². The van der Waals surface area contributed by atoms with E-state index in [1.54, 1.807) is 18.5 Å². The Kier molecular flexibility index (Phi) is 3.08. The van der Waals surface area contributed by atoms with Gasteiger partial charge in [-0.15, -0.1) is 0 Å². The number of rotatable bonds is 2. The lowest BCUT2D eigenvalue weighted by atomic mass is 10.1.